The maximum Gasteiger partial charge on any atom is 0.311 e. The van der Waals surface area contributed by atoms with Crippen molar-refractivity contribution in [2.24, 2.45) is 11.1 Å². The van der Waals surface area contributed by atoms with E-state index in [2.05, 4.69) is 5.32 Å². The number of carboxylic acids is 1. The molecular formula is C11H20N2O4. The first-order valence-corrected chi connectivity index (χ1v) is 5.77. The fraction of sp³-hybridized carbons (Fsp3) is 0.818. The highest BCUT2D eigenvalue weighted by molar-refractivity contribution is 5.83. The summed E-state index contributed by atoms with van der Waals surface area (Å²) in [6, 6.07) is -0.638. The average Bonchev–Trinajstić information content (AvgIpc) is 2.23. The van der Waals surface area contributed by atoms with Crippen LogP contribution in [0.3, 0.4) is 0 Å². The topological polar surface area (TPSA) is 102 Å². The van der Waals surface area contributed by atoms with E-state index in [4.69, 9.17) is 15.6 Å². The number of methoxy groups -OCH3 is 1. The molecule has 1 rings (SSSR count). The van der Waals surface area contributed by atoms with Gasteiger partial charge in [-0.05, 0) is 19.3 Å². The van der Waals surface area contributed by atoms with Crippen molar-refractivity contribution in [3.05, 3.63) is 0 Å². The molecule has 1 aliphatic rings. The van der Waals surface area contributed by atoms with Gasteiger partial charge in [0.25, 0.3) is 0 Å². The molecular weight excluding hydrogens is 224 g/mol. The van der Waals surface area contributed by atoms with E-state index in [0.717, 1.165) is 6.42 Å². The van der Waals surface area contributed by atoms with Gasteiger partial charge in [-0.3, -0.25) is 9.59 Å². The molecule has 4 N–H and O–H groups in total. The Labute approximate surface area is 101 Å². The summed E-state index contributed by atoms with van der Waals surface area (Å²) in [5, 5.41) is 11.7. The second-order valence-electron chi connectivity index (χ2n) is 4.54. The highest BCUT2D eigenvalue weighted by atomic mass is 16.5. The number of nitrogens with two attached hydrogens (primary N) is 1. The molecule has 0 bridgehead atoms. The van der Waals surface area contributed by atoms with Gasteiger partial charge in [-0.1, -0.05) is 6.42 Å². The highest BCUT2D eigenvalue weighted by Crippen LogP contribution is 2.40. The molecule has 6 nitrogen and oxygen atoms in total. The van der Waals surface area contributed by atoms with E-state index in [9.17, 15) is 9.59 Å². The van der Waals surface area contributed by atoms with Crippen LogP contribution >= 0.6 is 0 Å². The summed E-state index contributed by atoms with van der Waals surface area (Å²) >= 11 is 0. The molecule has 1 atom stereocenters. The standard InChI is InChI=1S/C11H20N2O4/c1-17-6-3-8(12)9(14)13-7-11(10(15)16)4-2-5-11/h8H,2-7,12H2,1H3,(H,13,14)(H,15,16). The van der Waals surface area contributed by atoms with Crippen LogP contribution in [0.15, 0.2) is 0 Å². The summed E-state index contributed by atoms with van der Waals surface area (Å²) in [6.45, 7) is 0.584. The second kappa shape index (κ2) is 5.97. The molecule has 6 heteroatoms. The molecule has 1 amide bonds. The Kier molecular flexibility index (Phi) is 4.89. The molecule has 1 unspecified atom stereocenters. The average molecular weight is 244 g/mol. The van der Waals surface area contributed by atoms with Crippen molar-refractivity contribution in [2.45, 2.75) is 31.7 Å². The zero-order valence-corrected chi connectivity index (χ0v) is 10.1. The van der Waals surface area contributed by atoms with Gasteiger partial charge < -0.3 is 20.9 Å². The van der Waals surface area contributed by atoms with Crippen LogP contribution in [0.4, 0.5) is 0 Å². The van der Waals surface area contributed by atoms with E-state index in [1.807, 2.05) is 0 Å². The number of aliphatic carboxylic acids is 1. The normalized spacial score (nSPS) is 19.2. The zero-order chi connectivity index (χ0) is 12.9. The Hall–Kier alpha value is -1.14. The van der Waals surface area contributed by atoms with Gasteiger partial charge in [0, 0.05) is 20.3 Å². The fourth-order valence-electron chi connectivity index (χ4n) is 1.83. The minimum absolute atomic E-state index is 0.169. The van der Waals surface area contributed by atoms with Crippen LogP contribution < -0.4 is 11.1 Å². The maximum atomic E-state index is 11.6. The second-order valence-corrected chi connectivity index (χ2v) is 4.54. The Morgan fingerprint density at radius 1 is 1.53 bits per heavy atom. The van der Waals surface area contributed by atoms with Crippen molar-refractivity contribution in [1.29, 1.82) is 0 Å². The first-order chi connectivity index (χ1) is 8.02. The van der Waals surface area contributed by atoms with E-state index < -0.39 is 17.4 Å². The smallest absolute Gasteiger partial charge is 0.311 e. The van der Waals surface area contributed by atoms with Gasteiger partial charge >= 0.3 is 5.97 Å². The van der Waals surface area contributed by atoms with E-state index in [1.165, 1.54) is 0 Å². The molecule has 0 aromatic heterocycles. The van der Waals surface area contributed by atoms with Gasteiger partial charge in [-0.15, -0.1) is 0 Å². The number of carbonyl (C=O) groups excluding carboxylic acids is 1. The lowest BCUT2D eigenvalue weighted by Gasteiger charge is -2.37. The summed E-state index contributed by atoms with van der Waals surface area (Å²) in [5.74, 6) is -1.15. The van der Waals surface area contributed by atoms with E-state index in [0.29, 0.717) is 25.9 Å². The number of hydrogen-bond acceptors (Lipinski definition) is 4. The Morgan fingerprint density at radius 2 is 2.18 bits per heavy atom. The molecule has 0 spiro atoms. The fourth-order valence-corrected chi connectivity index (χ4v) is 1.83. The Morgan fingerprint density at radius 3 is 2.59 bits per heavy atom. The minimum atomic E-state index is -0.838. The quantitative estimate of drug-likeness (QED) is 0.571. The third kappa shape index (κ3) is 3.41. The summed E-state index contributed by atoms with van der Waals surface area (Å²) in [7, 11) is 1.54. The van der Waals surface area contributed by atoms with Crippen molar-refractivity contribution in [2.75, 3.05) is 20.3 Å². The Balaban J connectivity index is 2.34. The summed E-state index contributed by atoms with van der Waals surface area (Å²) in [5.41, 5.74) is 4.86. The van der Waals surface area contributed by atoms with Crippen LogP contribution in [0.5, 0.6) is 0 Å². The largest absolute Gasteiger partial charge is 0.481 e. The van der Waals surface area contributed by atoms with Crippen molar-refractivity contribution in [3.8, 4) is 0 Å². The van der Waals surface area contributed by atoms with Crippen LogP contribution in [-0.4, -0.2) is 43.3 Å². The van der Waals surface area contributed by atoms with Crippen molar-refractivity contribution >= 4 is 11.9 Å². The van der Waals surface area contributed by atoms with Gasteiger partial charge in [0.1, 0.15) is 0 Å². The number of ether oxygens (including phenoxy) is 1. The highest BCUT2D eigenvalue weighted by Gasteiger charge is 2.44. The summed E-state index contributed by atoms with van der Waals surface area (Å²) < 4.78 is 4.82. The molecule has 0 aliphatic heterocycles. The minimum Gasteiger partial charge on any atom is -0.481 e. The number of carbonyl (C=O) groups is 2. The molecule has 17 heavy (non-hydrogen) atoms. The molecule has 0 saturated heterocycles. The predicted octanol–water partition coefficient (Wildman–Crippen LogP) is -0.279. The van der Waals surface area contributed by atoms with Crippen LogP contribution in [0.25, 0.3) is 0 Å². The van der Waals surface area contributed by atoms with Crippen LogP contribution in [0, 0.1) is 5.41 Å². The van der Waals surface area contributed by atoms with Gasteiger partial charge in [0.15, 0.2) is 0 Å². The number of amides is 1. The van der Waals surface area contributed by atoms with Crippen LogP contribution in [0.1, 0.15) is 25.7 Å². The van der Waals surface area contributed by atoms with Crippen molar-refractivity contribution in [1.82, 2.24) is 5.32 Å². The molecule has 0 heterocycles. The lowest BCUT2D eigenvalue weighted by Crippen LogP contribution is -2.51. The molecule has 0 aromatic carbocycles. The predicted molar refractivity (Wildman–Crippen MR) is 61.4 cm³/mol. The molecule has 1 fully saturated rings. The molecule has 0 aromatic rings. The SMILES string of the molecule is COCCC(N)C(=O)NCC1(C(=O)O)CCC1. The van der Waals surface area contributed by atoms with E-state index in [-0.39, 0.29) is 12.5 Å². The number of nitrogens with one attached hydrogen (secondary N) is 1. The lowest BCUT2D eigenvalue weighted by molar-refractivity contribution is -0.154. The summed E-state index contributed by atoms with van der Waals surface area (Å²) in [4.78, 5) is 22.6. The van der Waals surface area contributed by atoms with Crippen LogP contribution in [0.2, 0.25) is 0 Å². The van der Waals surface area contributed by atoms with Gasteiger partial charge in [-0.25, -0.2) is 0 Å². The molecule has 1 aliphatic carbocycles. The van der Waals surface area contributed by atoms with Crippen LogP contribution in [-0.2, 0) is 14.3 Å². The Bertz CT molecular complexity index is 289. The van der Waals surface area contributed by atoms with Gasteiger partial charge in [-0.2, -0.15) is 0 Å². The molecule has 0 radical (unpaired) electrons. The van der Waals surface area contributed by atoms with E-state index in [1.54, 1.807) is 7.11 Å². The van der Waals surface area contributed by atoms with Crippen molar-refractivity contribution < 1.29 is 19.4 Å². The first-order valence-electron chi connectivity index (χ1n) is 5.77. The number of carboxylic acid groups (broad SMARTS) is 1. The summed E-state index contributed by atoms with van der Waals surface area (Å²) in [6.07, 6.45) is 2.58. The molecule has 98 valence electrons. The number of rotatable bonds is 7. The van der Waals surface area contributed by atoms with Gasteiger partial charge in [0.2, 0.25) is 5.91 Å². The zero-order valence-electron chi connectivity index (χ0n) is 10.1. The number of hydrogen-bond donors (Lipinski definition) is 3. The molecule has 1 saturated carbocycles. The van der Waals surface area contributed by atoms with Gasteiger partial charge in [0.05, 0.1) is 11.5 Å². The third-order valence-corrected chi connectivity index (χ3v) is 3.34. The third-order valence-electron chi connectivity index (χ3n) is 3.34. The monoisotopic (exact) mass is 244 g/mol. The lowest BCUT2D eigenvalue weighted by atomic mass is 9.69. The first kappa shape index (κ1) is 13.9. The van der Waals surface area contributed by atoms with Crippen molar-refractivity contribution in [3.63, 3.8) is 0 Å². The van der Waals surface area contributed by atoms with E-state index >= 15 is 0 Å². The maximum absolute atomic E-state index is 11.6.